The van der Waals surface area contributed by atoms with Crippen molar-refractivity contribution in [1.82, 2.24) is 5.32 Å². The number of allylic oxidation sites excluding steroid dienone is 1. The highest BCUT2D eigenvalue weighted by atomic mass is 16.5. The summed E-state index contributed by atoms with van der Waals surface area (Å²) >= 11 is 0. The van der Waals surface area contributed by atoms with Gasteiger partial charge in [-0.2, -0.15) is 0 Å². The Hall–Kier alpha value is -0.340. The van der Waals surface area contributed by atoms with Crippen LogP contribution < -0.4 is 5.32 Å². The van der Waals surface area contributed by atoms with Gasteiger partial charge in [-0.25, -0.2) is 0 Å². The van der Waals surface area contributed by atoms with Gasteiger partial charge in [-0.3, -0.25) is 0 Å². The van der Waals surface area contributed by atoms with Crippen LogP contribution in [0.4, 0.5) is 0 Å². The monoisotopic (exact) mass is 223 g/mol. The van der Waals surface area contributed by atoms with Crippen LogP contribution >= 0.6 is 0 Å². The van der Waals surface area contributed by atoms with Crippen LogP contribution in [0.1, 0.15) is 45.4 Å². The van der Waals surface area contributed by atoms with Crippen LogP contribution in [0.3, 0.4) is 0 Å². The molecular formula is C14H25NO. The molecule has 0 aromatic rings. The van der Waals surface area contributed by atoms with Crippen molar-refractivity contribution in [3.63, 3.8) is 0 Å². The lowest BCUT2D eigenvalue weighted by molar-refractivity contribution is -0.137. The van der Waals surface area contributed by atoms with Gasteiger partial charge in [0.2, 0.25) is 0 Å². The summed E-state index contributed by atoms with van der Waals surface area (Å²) < 4.78 is 5.93. The van der Waals surface area contributed by atoms with E-state index in [2.05, 4.69) is 24.4 Å². The van der Waals surface area contributed by atoms with Crippen molar-refractivity contribution >= 4 is 0 Å². The van der Waals surface area contributed by atoms with Crippen molar-refractivity contribution in [3.05, 3.63) is 12.2 Å². The summed E-state index contributed by atoms with van der Waals surface area (Å²) in [6, 6.07) is 0. The molecule has 0 aromatic heterocycles. The Balaban J connectivity index is 1.68. The normalized spacial score (nSPS) is 28.4. The summed E-state index contributed by atoms with van der Waals surface area (Å²) in [4.78, 5) is 0. The zero-order valence-electron chi connectivity index (χ0n) is 10.5. The molecule has 2 nitrogen and oxygen atoms in total. The zero-order valence-corrected chi connectivity index (χ0v) is 10.5. The van der Waals surface area contributed by atoms with Crippen molar-refractivity contribution in [2.45, 2.75) is 51.0 Å². The maximum absolute atomic E-state index is 5.93. The molecular weight excluding hydrogens is 198 g/mol. The Kier molecular flexibility index (Phi) is 4.42. The van der Waals surface area contributed by atoms with Gasteiger partial charge in [0.15, 0.2) is 0 Å². The van der Waals surface area contributed by atoms with Gasteiger partial charge in [-0.15, -0.1) is 0 Å². The second kappa shape index (κ2) is 5.83. The standard InChI is InChI=1S/C14H25NO/c1-2-15-10-4-3-6-13-7-11-16-14(12-13)8-5-9-14/h3,6,13,15H,2,4-5,7-12H2,1H3. The first-order valence-corrected chi connectivity index (χ1v) is 6.86. The Labute approximate surface area is 99.4 Å². The molecule has 1 heterocycles. The third-order valence-corrected chi connectivity index (χ3v) is 3.94. The molecule has 0 aromatic carbocycles. The first-order chi connectivity index (χ1) is 7.85. The molecule has 92 valence electrons. The highest BCUT2D eigenvalue weighted by molar-refractivity contribution is 5.00. The minimum Gasteiger partial charge on any atom is -0.375 e. The van der Waals surface area contributed by atoms with Crippen LogP contribution in [-0.4, -0.2) is 25.3 Å². The molecule has 2 aliphatic rings. The molecule has 1 atom stereocenters. The lowest BCUT2D eigenvalue weighted by Crippen LogP contribution is -2.45. The lowest BCUT2D eigenvalue weighted by Gasteiger charge is -2.46. The summed E-state index contributed by atoms with van der Waals surface area (Å²) in [6.45, 7) is 5.32. The summed E-state index contributed by atoms with van der Waals surface area (Å²) in [7, 11) is 0. The largest absolute Gasteiger partial charge is 0.375 e. The van der Waals surface area contributed by atoms with Crippen LogP contribution in [0.2, 0.25) is 0 Å². The highest BCUT2D eigenvalue weighted by Crippen LogP contribution is 2.44. The topological polar surface area (TPSA) is 21.3 Å². The number of ether oxygens (including phenoxy) is 1. The Morgan fingerprint density at radius 2 is 2.31 bits per heavy atom. The molecule has 1 aliphatic carbocycles. The predicted octanol–water partition coefficient (Wildman–Crippen LogP) is 2.89. The molecule has 0 radical (unpaired) electrons. The average molecular weight is 223 g/mol. The first kappa shape index (κ1) is 12.1. The Morgan fingerprint density at radius 3 is 3.00 bits per heavy atom. The molecule has 1 saturated carbocycles. The van der Waals surface area contributed by atoms with E-state index in [1.165, 1.54) is 32.1 Å². The highest BCUT2D eigenvalue weighted by Gasteiger charge is 2.41. The summed E-state index contributed by atoms with van der Waals surface area (Å²) in [6.07, 6.45) is 12.4. The SMILES string of the molecule is CCNCCC=CC1CCOC2(CCC2)C1. The van der Waals surface area contributed by atoms with E-state index < -0.39 is 0 Å². The Morgan fingerprint density at radius 1 is 1.44 bits per heavy atom. The molecule has 0 amide bonds. The molecule has 1 unspecified atom stereocenters. The van der Waals surface area contributed by atoms with E-state index >= 15 is 0 Å². The van der Waals surface area contributed by atoms with E-state index in [1.54, 1.807) is 0 Å². The third-order valence-electron chi connectivity index (χ3n) is 3.94. The molecule has 2 rings (SSSR count). The van der Waals surface area contributed by atoms with Gasteiger partial charge in [0, 0.05) is 6.61 Å². The number of nitrogens with one attached hydrogen (secondary N) is 1. The Bertz CT molecular complexity index is 233. The fourth-order valence-corrected chi connectivity index (χ4v) is 2.80. The van der Waals surface area contributed by atoms with E-state index in [0.29, 0.717) is 5.60 Å². The maximum atomic E-state index is 5.93. The summed E-state index contributed by atoms with van der Waals surface area (Å²) in [5, 5.41) is 3.35. The van der Waals surface area contributed by atoms with Gasteiger partial charge >= 0.3 is 0 Å². The van der Waals surface area contributed by atoms with Crippen LogP contribution in [0.5, 0.6) is 0 Å². The zero-order chi connectivity index (χ0) is 11.3. The van der Waals surface area contributed by atoms with Gasteiger partial charge in [0.05, 0.1) is 5.60 Å². The van der Waals surface area contributed by atoms with Crippen LogP contribution in [0, 0.1) is 5.92 Å². The van der Waals surface area contributed by atoms with Crippen molar-refractivity contribution in [2.24, 2.45) is 5.92 Å². The average Bonchev–Trinajstić information content (AvgIpc) is 2.27. The third kappa shape index (κ3) is 3.08. The van der Waals surface area contributed by atoms with Gasteiger partial charge < -0.3 is 10.1 Å². The van der Waals surface area contributed by atoms with E-state index in [0.717, 1.165) is 32.0 Å². The van der Waals surface area contributed by atoms with E-state index in [9.17, 15) is 0 Å². The van der Waals surface area contributed by atoms with Crippen molar-refractivity contribution in [3.8, 4) is 0 Å². The lowest BCUT2D eigenvalue weighted by atomic mass is 9.72. The first-order valence-electron chi connectivity index (χ1n) is 6.86. The van der Waals surface area contributed by atoms with Crippen molar-refractivity contribution in [1.29, 1.82) is 0 Å². The number of hydrogen-bond donors (Lipinski definition) is 1. The second-order valence-corrected chi connectivity index (χ2v) is 5.21. The van der Waals surface area contributed by atoms with Crippen LogP contribution in [0.15, 0.2) is 12.2 Å². The molecule has 1 spiro atoms. The van der Waals surface area contributed by atoms with Crippen molar-refractivity contribution < 1.29 is 4.74 Å². The van der Waals surface area contributed by atoms with E-state index in [1.807, 2.05) is 0 Å². The molecule has 2 fully saturated rings. The molecule has 1 N–H and O–H groups in total. The number of hydrogen-bond acceptors (Lipinski definition) is 2. The number of rotatable bonds is 5. The molecule has 2 heteroatoms. The summed E-state index contributed by atoms with van der Waals surface area (Å²) in [5.41, 5.74) is 0.301. The van der Waals surface area contributed by atoms with Crippen molar-refractivity contribution in [2.75, 3.05) is 19.7 Å². The minimum absolute atomic E-state index is 0.301. The molecule has 1 aliphatic heterocycles. The second-order valence-electron chi connectivity index (χ2n) is 5.21. The van der Waals surface area contributed by atoms with Gasteiger partial charge in [-0.05, 0) is 57.5 Å². The molecule has 16 heavy (non-hydrogen) atoms. The molecule has 0 bridgehead atoms. The molecule has 1 saturated heterocycles. The fourth-order valence-electron chi connectivity index (χ4n) is 2.80. The summed E-state index contributed by atoms with van der Waals surface area (Å²) in [5.74, 6) is 0.774. The van der Waals surface area contributed by atoms with Crippen LogP contribution in [-0.2, 0) is 4.74 Å². The van der Waals surface area contributed by atoms with Gasteiger partial charge in [0.1, 0.15) is 0 Å². The predicted molar refractivity (Wildman–Crippen MR) is 67.6 cm³/mol. The quantitative estimate of drug-likeness (QED) is 0.571. The minimum atomic E-state index is 0.301. The van der Waals surface area contributed by atoms with Gasteiger partial charge in [-0.1, -0.05) is 19.1 Å². The fraction of sp³-hybridized carbons (Fsp3) is 0.857. The van der Waals surface area contributed by atoms with E-state index in [4.69, 9.17) is 4.74 Å². The maximum Gasteiger partial charge on any atom is 0.0688 e. The smallest absolute Gasteiger partial charge is 0.0688 e. The van der Waals surface area contributed by atoms with Crippen LogP contribution in [0.25, 0.3) is 0 Å². The van der Waals surface area contributed by atoms with Gasteiger partial charge in [0.25, 0.3) is 0 Å². The van der Waals surface area contributed by atoms with E-state index in [-0.39, 0.29) is 0 Å².